The van der Waals surface area contributed by atoms with E-state index in [9.17, 15) is 41.1 Å². The van der Waals surface area contributed by atoms with Crippen molar-refractivity contribution in [3.8, 4) is 11.3 Å². The minimum absolute atomic E-state index is 0.00159. The number of sulfone groups is 1. The lowest BCUT2D eigenvalue weighted by Gasteiger charge is -2.47. The number of aliphatic hydroxyl groups excluding tert-OH is 1. The van der Waals surface area contributed by atoms with Gasteiger partial charge in [-0.1, -0.05) is 20.4 Å². The van der Waals surface area contributed by atoms with E-state index in [1.807, 2.05) is 18.2 Å². The molecule has 5 aromatic rings. The molecule has 20 heteroatoms. The highest BCUT2D eigenvalue weighted by atomic mass is 32.2. The number of benzene rings is 2. The molecular formula is C52H61F3N10O6S. The lowest BCUT2D eigenvalue weighted by Crippen LogP contribution is -2.57. The number of halogens is 3. The van der Waals surface area contributed by atoms with Crippen LogP contribution < -0.4 is 30.9 Å². The minimum Gasteiger partial charge on any atom is -0.392 e. The molecule has 0 radical (unpaired) electrons. The number of amides is 2. The lowest BCUT2D eigenvalue weighted by atomic mass is 9.90. The van der Waals surface area contributed by atoms with Crippen LogP contribution in [-0.2, 0) is 47.7 Å². The van der Waals surface area contributed by atoms with Crippen LogP contribution in [0.15, 0.2) is 89.3 Å². The van der Waals surface area contributed by atoms with Gasteiger partial charge < -0.3 is 34.7 Å². The number of aromatic nitrogens is 4. The molecule has 0 bridgehead atoms. The number of aliphatic hydroxyl groups is 1. The summed E-state index contributed by atoms with van der Waals surface area (Å²) in [6.45, 7) is 15.6. The quantitative estimate of drug-likeness (QED) is 0.108. The number of nitrogens with one attached hydrogen (secondary N) is 2. The first kappa shape index (κ1) is 50.4. The molecule has 6 heterocycles. The first-order valence-corrected chi connectivity index (χ1v) is 25.7. The van der Waals surface area contributed by atoms with Gasteiger partial charge in [0.15, 0.2) is 20.4 Å². The van der Waals surface area contributed by atoms with E-state index in [1.54, 1.807) is 48.6 Å². The topological polar surface area (TPSA) is 178 Å². The number of anilines is 6. The van der Waals surface area contributed by atoms with E-state index >= 15 is 0 Å². The van der Waals surface area contributed by atoms with Crippen LogP contribution in [0.5, 0.6) is 0 Å². The number of carbonyl (C=O) groups excluding carboxylic acids is 2. The Labute approximate surface area is 417 Å². The van der Waals surface area contributed by atoms with Gasteiger partial charge in [0.25, 0.3) is 11.5 Å². The number of nitrogens with zero attached hydrogens (tertiary/aromatic N) is 8. The number of hydrogen-bond acceptors (Lipinski definition) is 12. The van der Waals surface area contributed by atoms with Gasteiger partial charge >= 0.3 is 6.18 Å². The van der Waals surface area contributed by atoms with E-state index in [4.69, 9.17) is 4.98 Å². The monoisotopic (exact) mass is 1010 g/mol. The SMILES string of the molecule is C=CC(=O)Nc1cc(Nc2nc(-c3ccnc(N4CCn5c(cc6c5CC(C)(C)C6)C4=O)c3CO)cn(C)c2=O)ccc1N1CCN(C2CCN(c3ccc(S(=O)(=O)C(C)(C)C(F)(F)F)cc3)CC2)CC1C. The molecule has 3 N–H and O–H groups in total. The van der Waals surface area contributed by atoms with Crippen molar-refractivity contribution < 1.29 is 36.3 Å². The van der Waals surface area contributed by atoms with E-state index in [-0.39, 0.29) is 34.1 Å². The van der Waals surface area contributed by atoms with Gasteiger partial charge in [-0.3, -0.25) is 24.2 Å². The number of piperidine rings is 1. The zero-order valence-corrected chi connectivity index (χ0v) is 42.2. The summed E-state index contributed by atoms with van der Waals surface area (Å²) >= 11 is 0. The van der Waals surface area contributed by atoms with Crippen LogP contribution in [0.2, 0.25) is 0 Å². The van der Waals surface area contributed by atoms with E-state index in [1.165, 1.54) is 34.0 Å². The Morgan fingerprint density at radius 3 is 2.36 bits per heavy atom. The molecule has 1 aliphatic carbocycles. The van der Waals surface area contributed by atoms with Crippen molar-refractivity contribution in [3.63, 3.8) is 0 Å². The van der Waals surface area contributed by atoms with Crippen LogP contribution in [0.25, 0.3) is 11.3 Å². The Hall–Kier alpha value is -6.51. The fourth-order valence-corrected chi connectivity index (χ4v) is 12.2. The van der Waals surface area contributed by atoms with Crippen molar-refractivity contribution >= 4 is 56.0 Å². The zero-order chi connectivity index (χ0) is 51.7. The van der Waals surface area contributed by atoms with Crippen molar-refractivity contribution in [1.82, 2.24) is 24.0 Å². The summed E-state index contributed by atoms with van der Waals surface area (Å²) in [5, 5.41) is 17.0. The van der Waals surface area contributed by atoms with Crippen LogP contribution in [0, 0.1) is 5.41 Å². The third kappa shape index (κ3) is 9.16. The van der Waals surface area contributed by atoms with Crippen LogP contribution in [0.3, 0.4) is 0 Å². The Morgan fingerprint density at radius 1 is 0.972 bits per heavy atom. The Kier molecular flexibility index (Phi) is 13.2. The van der Waals surface area contributed by atoms with Crippen LogP contribution in [0.4, 0.5) is 47.6 Å². The Morgan fingerprint density at radius 2 is 1.69 bits per heavy atom. The largest absolute Gasteiger partial charge is 0.408 e. The second kappa shape index (κ2) is 18.8. The number of fused-ring (bicyclic) bond motifs is 3. The second-order valence-corrected chi connectivity index (χ2v) is 23.1. The summed E-state index contributed by atoms with van der Waals surface area (Å²) in [6.07, 6.45) is 2.88. The van der Waals surface area contributed by atoms with E-state index in [2.05, 4.69) is 62.2 Å². The van der Waals surface area contributed by atoms with Crippen LogP contribution in [-0.4, -0.2) is 112 Å². The maximum Gasteiger partial charge on any atom is 0.408 e. The average Bonchev–Trinajstić information content (AvgIpc) is 3.84. The number of rotatable bonds is 12. The van der Waals surface area contributed by atoms with Gasteiger partial charge in [-0.05, 0) is 118 Å². The molecule has 2 fully saturated rings. The molecule has 3 aliphatic heterocycles. The number of pyridine rings is 1. The van der Waals surface area contributed by atoms with Gasteiger partial charge in [0.1, 0.15) is 11.5 Å². The molecule has 0 spiro atoms. The highest BCUT2D eigenvalue weighted by Crippen LogP contribution is 2.42. The maximum atomic E-state index is 14.0. The molecule has 9 rings (SSSR count). The van der Waals surface area contributed by atoms with Gasteiger partial charge in [-0.2, -0.15) is 13.2 Å². The minimum atomic E-state index is -4.93. The number of hydrogen-bond donors (Lipinski definition) is 3. The summed E-state index contributed by atoms with van der Waals surface area (Å²) in [5.74, 6) is -0.277. The summed E-state index contributed by atoms with van der Waals surface area (Å²) in [4.78, 5) is 58.0. The number of piperazine rings is 1. The molecule has 2 saturated heterocycles. The fourth-order valence-electron chi connectivity index (χ4n) is 10.8. The van der Waals surface area contributed by atoms with Crippen molar-refractivity contribution in [3.05, 3.63) is 113 Å². The van der Waals surface area contributed by atoms with Gasteiger partial charge in [0, 0.05) is 106 Å². The van der Waals surface area contributed by atoms with Crippen molar-refractivity contribution in [2.75, 3.05) is 64.6 Å². The van der Waals surface area contributed by atoms with Crippen LogP contribution >= 0.6 is 0 Å². The molecule has 4 aliphatic rings. The number of aryl methyl sites for hydroxylation is 1. The van der Waals surface area contributed by atoms with E-state index in [0.717, 1.165) is 50.1 Å². The average molecular weight is 1010 g/mol. The maximum absolute atomic E-state index is 14.0. The molecule has 0 saturated carbocycles. The zero-order valence-electron chi connectivity index (χ0n) is 41.4. The number of carbonyl (C=O) groups is 2. The molecule has 16 nitrogen and oxygen atoms in total. The third-order valence-electron chi connectivity index (χ3n) is 14.9. The van der Waals surface area contributed by atoms with Gasteiger partial charge in [-0.15, -0.1) is 0 Å². The molecule has 1 atom stereocenters. The summed E-state index contributed by atoms with van der Waals surface area (Å²) in [7, 11) is -3.06. The first-order valence-electron chi connectivity index (χ1n) is 24.2. The summed E-state index contributed by atoms with van der Waals surface area (Å²) in [6, 6.07) is 15.1. The highest BCUT2D eigenvalue weighted by Gasteiger charge is 2.57. The molecule has 3 aromatic heterocycles. The second-order valence-electron chi connectivity index (χ2n) is 20.6. The molecule has 382 valence electrons. The van der Waals surface area contributed by atoms with E-state index < -0.39 is 38.8 Å². The fraction of sp³-hybridized carbons (Fsp3) is 0.442. The molecule has 2 amide bonds. The highest BCUT2D eigenvalue weighted by molar-refractivity contribution is 7.92. The smallest absolute Gasteiger partial charge is 0.392 e. The number of alkyl halides is 3. The van der Waals surface area contributed by atoms with Crippen molar-refractivity contribution in [1.29, 1.82) is 0 Å². The standard InChI is InChI=1S/C52H61F3N10O6S/c1-8-45(67)58-40-26-34(9-14-42(40)63-22-21-62(29-32(63)2)36-16-19-61(20-17-36)35-10-12-37(13-11-35)72(70,71)51(5,6)52(53,54)55)57-46-49(69)60(7)30-41(59-46)38-15-18-56-47(39(38)31-66)65-24-23-64-43(48(65)68)25-33-27-50(3,4)28-44(33)64/h8-15,18,25-26,30,32,36,66H,1,16-17,19-24,27-29,31H2,2-7H3,(H,57,59)(H,58,67). The van der Waals surface area contributed by atoms with Gasteiger partial charge in [0.2, 0.25) is 5.91 Å². The molecule has 72 heavy (non-hydrogen) atoms. The molecular weight excluding hydrogens is 950 g/mol. The Balaban J connectivity index is 0.887. The molecule has 2 aromatic carbocycles. The van der Waals surface area contributed by atoms with E-state index in [0.29, 0.717) is 86.3 Å². The summed E-state index contributed by atoms with van der Waals surface area (Å²) in [5.41, 5.74) is 6.52. The lowest BCUT2D eigenvalue weighted by molar-refractivity contribution is -0.153. The Bertz CT molecular complexity index is 3120. The first-order chi connectivity index (χ1) is 34.0. The van der Waals surface area contributed by atoms with Crippen molar-refractivity contribution in [2.24, 2.45) is 12.5 Å². The normalized spacial score (nSPS) is 18.8. The predicted molar refractivity (Wildman–Crippen MR) is 272 cm³/mol. The van der Waals surface area contributed by atoms with Gasteiger partial charge in [0.05, 0.1) is 28.6 Å². The predicted octanol–water partition coefficient (Wildman–Crippen LogP) is 7.08. The molecule has 1 unspecified atom stereocenters. The van der Waals surface area contributed by atoms with Crippen LogP contribution in [0.1, 0.15) is 74.8 Å². The van der Waals surface area contributed by atoms with Crippen molar-refractivity contribution in [2.45, 2.75) is 101 Å². The summed E-state index contributed by atoms with van der Waals surface area (Å²) < 4.78 is 67.2. The third-order valence-corrected chi connectivity index (χ3v) is 17.4. The van der Waals surface area contributed by atoms with Gasteiger partial charge in [-0.25, -0.2) is 18.4 Å².